The fraction of sp³-hybridized carbons (Fsp3) is 0.857. The smallest absolute Gasteiger partial charge is 0.387 e. The van der Waals surface area contributed by atoms with E-state index in [1.165, 1.54) is 0 Å². The highest BCUT2D eigenvalue weighted by molar-refractivity contribution is 7.80. The molecule has 9 heteroatoms. The number of thiocarbonyl (C=S) groups is 2. The molecule has 0 radical (unpaired) electrons. The first-order valence-corrected chi connectivity index (χ1v) is 9.60. The fourth-order valence-corrected chi connectivity index (χ4v) is 3.18. The van der Waals surface area contributed by atoms with Gasteiger partial charge in [-0.15, -0.1) is 0 Å². The lowest BCUT2D eigenvalue weighted by molar-refractivity contribution is 0.116. The van der Waals surface area contributed by atoms with Gasteiger partial charge in [-0.3, -0.25) is 9.05 Å². The largest absolute Gasteiger partial charge is 0.403 e. The molecule has 0 fully saturated rings. The van der Waals surface area contributed by atoms with Crippen LogP contribution < -0.4 is 5.50 Å². The minimum absolute atomic E-state index is 0.184. The van der Waals surface area contributed by atoms with Gasteiger partial charge in [0.15, 0.2) is 0 Å². The van der Waals surface area contributed by atoms with E-state index in [4.69, 9.17) is 39.0 Å². The number of aliphatic hydroxyl groups excluding tert-OH is 2. The summed E-state index contributed by atoms with van der Waals surface area (Å²) in [5, 5.41) is 20.0. The van der Waals surface area contributed by atoms with E-state index in [0.29, 0.717) is 0 Å². The predicted molar refractivity (Wildman–Crippen MR) is 99.8 cm³/mol. The minimum atomic E-state index is -3.88. The summed E-state index contributed by atoms with van der Waals surface area (Å²) in [7, 11) is -3.88. The molecule has 0 rings (SSSR count). The molecule has 4 N–H and O–H groups in total. The first kappa shape index (κ1) is 23.2. The number of aliphatic hydroxyl groups is 2. The van der Waals surface area contributed by atoms with Crippen LogP contribution in [0.4, 0.5) is 0 Å². The second-order valence-electron chi connectivity index (χ2n) is 7.56. The van der Waals surface area contributed by atoms with E-state index in [0.717, 1.165) is 0 Å². The van der Waals surface area contributed by atoms with E-state index in [9.17, 15) is 14.8 Å². The number of rotatable bonds is 8. The van der Waals surface area contributed by atoms with Crippen LogP contribution in [0.2, 0.25) is 0 Å². The van der Waals surface area contributed by atoms with Crippen LogP contribution in [-0.4, -0.2) is 45.4 Å². The van der Waals surface area contributed by atoms with Crippen LogP contribution in [0.15, 0.2) is 0 Å². The van der Waals surface area contributed by atoms with Crippen molar-refractivity contribution in [3.05, 3.63) is 0 Å². The second-order valence-corrected chi connectivity index (χ2v) is 10.2. The van der Waals surface area contributed by atoms with Gasteiger partial charge in [0, 0.05) is 9.73 Å². The van der Waals surface area contributed by atoms with Gasteiger partial charge in [-0.1, -0.05) is 66.0 Å². The molecule has 0 aliphatic heterocycles. The van der Waals surface area contributed by atoms with E-state index in [2.05, 4.69) is 0 Å². The molecule has 0 saturated heterocycles. The van der Waals surface area contributed by atoms with Crippen molar-refractivity contribution in [1.29, 1.82) is 0 Å². The van der Waals surface area contributed by atoms with Gasteiger partial charge in [-0.25, -0.2) is 10.1 Å². The van der Waals surface area contributed by atoms with Gasteiger partial charge in [0.2, 0.25) is 0 Å². The number of hydrogen-bond acceptors (Lipinski definition) is 7. The molecule has 0 aromatic carbocycles. The summed E-state index contributed by atoms with van der Waals surface area (Å²) in [6.07, 6.45) is -1.80. The van der Waals surface area contributed by atoms with Crippen molar-refractivity contribution in [1.82, 2.24) is 0 Å². The Morgan fingerprint density at radius 3 is 1.43 bits per heavy atom. The molecule has 0 spiro atoms. The molecule has 0 saturated carbocycles. The van der Waals surface area contributed by atoms with Crippen molar-refractivity contribution in [2.45, 2.75) is 53.8 Å². The van der Waals surface area contributed by atoms with Gasteiger partial charge in [0.1, 0.15) is 0 Å². The Kier molecular flexibility index (Phi) is 8.62. The maximum absolute atomic E-state index is 12.0. The third-order valence-corrected chi connectivity index (χ3v) is 4.68. The van der Waals surface area contributed by atoms with Crippen LogP contribution >= 0.6 is 32.2 Å². The number of hydrogen-bond donors (Lipinski definition) is 3. The van der Waals surface area contributed by atoms with Gasteiger partial charge < -0.3 is 10.2 Å². The van der Waals surface area contributed by atoms with Crippen LogP contribution in [0.25, 0.3) is 0 Å². The molecule has 0 aromatic heterocycles. The molecular formula is C14H28NO5PS2. The molecule has 6 nitrogen and oxygen atoms in total. The van der Waals surface area contributed by atoms with Crippen molar-refractivity contribution in [2.24, 2.45) is 16.3 Å². The van der Waals surface area contributed by atoms with E-state index in [-0.39, 0.29) is 22.9 Å². The Morgan fingerprint density at radius 1 is 0.957 bits per heavy atom. The predicted octanol–water partition coefficient (Wildman–Crippen LogP) is 2.64. The molecule has 0 bridgehead atoms. The zero-order valence-corrected chi connectivity index (χ0v) is 17.1. The summed E-state index contributed by atoms with van der Waals surface area (Å²) in [6.45, 7) is 10.4. The lowest BCUT2D eigenvalue weighted by atomic mass is 9.87. The van der Waals surface area contributed by atoms with E-state index in [1.807, 2.05) is 41.5 Å². The minimum Gasteiger partial charge on any atom is -0.387 e. The average Bonchev–Trinajstić information content (AvgIpc) is 2.38. The number of nitrogens with two attached hydrogens (primary N) is 1. The highest BCUT2D eigenvalue weighted by Gasteiger charge is 2.30. The van der Waals surface area contributed by atoms with Gasteiger partial charge in [-0.05, 0) is 10.8 Å². The van der Waals surface area contributed by atoms with Crippen LogP contribution in [0, 0.1) is 10.8 Å². The lowest BCUT2D eigenvalue weighted by Crippen LogP contribution is -2.36. The van der Waals surface area contributed by atoms with Crippen molar-refractivity contribution in [3.63, 3.8) is 0 Å². The topological polar surface area (TPSA) is 102 Å². The first-order valence-electron chi connectivity index (χ1n) is 7.17. The maximum Gasteiger partial charge on any atom is 0.403 e. The Labute approximate surface area is 149 Å². The molecule has 23 heavy (non-hydrogen) atoms. The first-order chi connectivity index (χ1) is 10.1. The Balaban J connectivity index is 4.49. The molecule has 136 valence electrons. The van der Waals surface area contributed by atoms with Gasteiger partial charge in [0.25, 0.3) is 0 Å². The zero-order valence-electron chi connectivity index (χ0n) is 14.5. The van der Waals surface area contributed by atoms with Crippen LogP contribution in [-0.2, 0) is 13.6 Å². The quantitative estimate of drug-likeness (QED) is 0.433. The van der Waals surface area contributed by atoms with Crippen molar-refractivity contribution >= 4 is 41.9 Å². The summed E-state index contributed by atoms with van der Waals surface area (Å²) < 4.78 is 22.0. The van der Waals surface area contributed by atoms with Crippen molar-refractivity contribution in [3.8, 4) is 0 Å². The Bertz CT molecular complexity index is 445. The monoisotopic (exact) mass is 385 g/mol. The molecule has 0 aliphatic rings. The normalized spacial score (nSPS) is 18.1. The van der Waals surface area contributed by atoms with Gasteiger partial charge >= 0.3 is 7.75 Å². The summed E-state index contributed by atoms with van der Waals surface area (Å²) in [5.41, 5.74) is 4.54. The summed E-state index contributed by atoms with van der Waals surface area (Å²) >= 11 is 10.1. The highest BCUT2D eigenvalue weighted by Crippen LogP contribution is 2.39. The fourth-order valence-electron chi connectivity index (χ4n) is 1.47. The van der Waals surface area contributed by atoms with Gasteiger partial charge in [-0.2, -0.15) is 0 Å². The van der Waals surface area contributed by atoms with Crippen LogP contribution in [0.1, 0.15) is 41.5 Å². The summed E-state index contributed by atoms with van der Waals surface area (Å²) in [4.78, 5) is 0.369. The molecular weight excluding hydrogens is 357 g/mol. The van der Waals surface area contributed by atoms with E-state index < -0.39 is 30.8 Å². The summed E-state index contributed by atoms with van der Waals surface area (Å²) in [6, 6.07) is 0. The van der Waals surface area contributed by atoms with E-state index in [1.54, 1.807) is 0 Å². The average molecular weight is 385 g/mol. The third kappa shape index (κ3) is 8.74. The molecule has 2 unspecified atom stereocenters. The third-order valence-electron chi connectivity index (χ3n) is 3.02. The Morgan fingerprint density at radius 2 is 1.22 bits per heavy atom. The summed E-state index contributed by atoms with van der Waals surface area (Å²) in [5.74, 6) is 0. The Hall–Kier alpha value is 0.210. The lowest BCUT2D eigenvalue weighted by Gasteiger charge is -2.27. The maximum atomic E-state index is 12.0. The zero-order chi connectivity index (χ0) is 18.6. The standard InChI is InChI=1S/C14H28NO5PS2/c1-13(2,3)11(16)9(22)7-19-21(15,18)20-8-10(23)12(17)14(4,5)6/h11-12,16-17H,7-8H2,1-6H3,(H2,15,18). The van der Waals surface area contributed by atoms with Gasteiger partial charge in [0.05, 0.1) is 25.4 Å². The van der Waals surface area contributed by atoms with Crippen molar-refractivity contribution in [2.75, 3.05) is 13.2 Å². The van der Waals surface area contributed by atoms with E-state index >= 15 is 0 Å². The molecule has 0 heterocycles. The molecule has 2 atom stereocenters. The SMILES string of the molecule is CC(C)(C)C(O)C(=S)COP(N)(=O)OCC(=S)C(O)C(C)(C)C. The molecule has 0 aliphatic carbocycles. The molecule has 0 amide bonds. The van der Waals surface area contributed by atoms with Crippen LogP contribution in [0.3, 0.4) is 0 Å². The van der Waals surface area contributed by atoms with Crippen molar-refractivity contribution < 1.29 is 23.8 Å². The second kappa shape index (κ2) is 8.54. The molecule has 0 aromatic rings. The highest BCUT2D eigenvalue weighted by atomic mass is 32.1. The van der Waals surface area contributed by atoms with Crippen LogP contribution in [0.5, 0.6) is 0 Å².